The van der Waals surface area contributed by atoms with Gasteiger partial charge in [-0.1, -0.05) is 19.9 Å². The maximum atomic E-state index is 12.7. The first-order valence-electron chi connectivity index (χ1n) is 11.9. The van der Waals surface area contributed by atoms with Gasteiger partial charge in [0.15, 0.2) is 11.4 Å². The van der Waals surface area contributed by atoms with Crippen LogP contribution in [-0.4, -0.2) is 20.7 Å². The molecule has 0 radical (unpaired) electrons. The summed E-state index contributed by atoms with van der Waals surface area (Å²) < 4.78 is 13.5. The van der Waals surface area contributed by atoms with Crippen molar-refractivity contribution in [2.24, 2.45) is 7.05 Å². The molecule has 0 aliphatic heterocycles. The molecular weight excluding hydrogens is 442 g/mol. The Morgan fingerprint density at radius 1 is 1.14 bits per heavy atom. The van der Waals surface area contributed by atoms with Crippen molar-refractivity contribution >= 4 is 22.8 Å². The van der Waals surface area contributed by atoms with Crippen LogP contribution in [0.1, 0.15) is 65.2 Å². The molecule has 3 aromatic heterocycles. The van der Waals surface area contributed by atoms with Gasteiger partial charge in [0.05, 0.1) is 5.69 Å². The van der Waals surface area contributed by atoms with Crippen molar-refractivity contribution in [1.29, 1.82) is 0 Å². The van der Waals surface area contributed by atoms with Crippen LogP contribution in [-0.2, 0) is 18.9 Å². The fourth-order valence-corrected chi connectivity index (χ4v) is 5.06. The molecule has 1 aromatic carbocycles. The smallest absolute Gasteiger partial charge is 0.305 e. The van der Waals surface area contributed by atoms with E-state index in [1.165, 1.54) is 17.5 Å². The molecule has 8 nitrogen and oxygen atoms in total. The highest BCUT2D eigenvalue weighted by molar-refractivity contribution is 5.92. The van der Waals surface area contributed by atoms with Crippen molar-refractivity contribution in [2.75, 3.05) is 5.43 Å². The number of furan rings is 1. The Balaban J connectivity index is 1.29. The van der Waals surface area contributed by atoms with Crippen LogP contribution >= 0.6 is 0 Å². The van der Waals surface area contributed by atoms with Crippen LogP contribution in [0.2, 0.25) is 0 Å². The number of hydrazine groups is 1. The lowest BCUT2D eigenvalue weighted by Crippen LogP contribution is -2.29. The summed E-state index contributed by atoms with van der Waals surface area (Å²) >= 11 is 0. The summed E-state index contributed by atoms with van der Waals surface area (Å²) in [6, 6.07) is 9.45. The molecule has 1 aliphatic carbocycles. The zero-order valence-electron chi connectivity index (χ0n) is 21.1. The fourth-order valence-electron chi connectivity index (χ4n) is 5.06. The van der Waals surface area contributed by atoms with E-state index in [1.807, 2.05) is 33.9 Å². The average molecular weight is 474 g/mol. The van der Waals surface area contributed by atoms with Gasteiger partial charge >= 0.3 is 5.91 Å². The second kappa shape index (κ2) is 8.45. The molecule has 0 atom stereocenters. The highest BCUT2D eigenvalue weighted by Gasteiger charge is 2.28. The van der Waals surface area contributed by atoms with Crippen LogP contribution in [0.5, 0.6) is 11.7 Å². The quantitative estimate of drug-likeness (QED) is 0.364. The minimum atomic E-state index is -0.427. The maximum Gasteiger partial charge on any atom is 0.305 e. The third-order valence-electron chi connectivity index (χ3n) is 6.86. The first kappa shape index (κ1) is 23.0. The van der Waals surface area contributed by atoms with Gasteiger partial charge < -0.3 is 9.15 Å². The Labute approximate surface area is 204 Å². The van der Waals surface area contributed by atoms with E-state index >= 15 is 0 Å². The molecule has 3 heterocycles. The number of ether oxygens (including phenoxy) is 1. The molecule has 1 amide bonds. The number of nitrogens with one attached hydrogen (secondary N) is 2. The Morgan fingerprint density at radius 2 is 1.94 bits per heavy atom. The van der Waals surface area contributed by atoms with Crippen molar-refractivity contribution in [2.45, 2.75) is 59.3 Å². The van der Waals surface area contributed by atoms with E-state index in [-0.39, 0.29) is 17.1 Å². The van der Waals surface area contributed by atoms with Crippen LogP contribution in [0.15, 0.2) is 34.7 Å². The number of fused-ring (bicyclic) bond motifs is 2. The third kappa shape index (κ3) is 4.24. The van der Waals surface area contributed by atoms with Gasteiger partial charge in [-0.3, -0.25) is 20.3 Å². The number of aromatic nitrogens is 3. The van der Waals surface area contributed by atoms with Crippen LogP contribution in [0, 0.1) is 20.8 Å². The highest BCUT2D eigenvalue weighted by Crippen LogP contribution is 2.40. The molecule has 0 unspecified atom stereocenters. The molecule has 35 heavy (non-hydrogen) atoms. The van der Waals surface area contributed by atoms with Crippen LogP contribution < -0.4 is 15.6 Å². The molecular formula is C27H31N5O3. The SMILES string of the molecule is Cc1cc2c(cc1Oc1ccc(C(=O)NNc3cc(C)c4c(C)nn(C)c4n3)o1)C(C)(C)CCC2. The number of nitrogens with zero attached hydrogens (tertiary/aromatic N) is 3. The largest absolute Gasteiger partial charge is 0.426 e. The van der Waals surface area contributed by atoms with Crippen molar-refractivity contribution in [3.63, 3.8) is 0 Å². The first-order chi connectivity index (χ1) is 16.6. The van der Waals surface area contributed by atoms with E-state index < -0.39 is 5.91 Å². The van der Waals surface area contributed by atoms with E-state index in [0.29, 0.717) is 5.82 Å². The van der Waals surface area contributed by atoms with E-state index in [1.54, 1.807) is 16.8 Å². The molecule has 8 heteroatoms. The Hall–Kier alpha value is -3.81. The van der Waals surface area contributed by atoms with Crippen molar-refractivity contribution < 1.29 is 13.9 Å². The van der Waals surface area contributed by atoms with Gasteiger partial charge in [-0.05, 0) is 85.9 Å². The molecule has 0 fully saturated rings. The lowest BCUT2D eigenvalue weighted by molar-refractivity contribution is 0.0930. The summed E-state index contributed by atoms with van der Waals surface area (Å²) in [5.74, 6) is 1.24. The Kier molecular flexibility index (Phi) is 5.54. The standard InChI is InChI=1S/C27H31N5O3/c1-15-12-18-8-7-11-27(4,5)19(18)14-21(15)35-23-10-9-20(34-23)26(33)30-29-22-13-16(2)24-17(3)31-32(6)25(24)28-22/h9-10,12-14H,7-8,11H2,1-6H3,(H,28,29)(H,30,33). The summed E-state index contributed by atoms with van der Waals surface area (Å²) in [5.41, 5.74) is 12.1. The third-order valence-corrected chi connectivity index (χ3v) is 6.86. The van der Waals surface area contributed by atoms with E-state index in [0.717, 1.165) is 46.4 Å². The van der Waals surface area contributed by atoms with Gasteiger partial charge in [0.2, 0.25) is 0 Å². The number of hydrogen-bond donors (Lipinski definition) is 2. The lowest BCUT2D eigenvalue weighted by atomic mass is 9.72. The fraction of sp³-hybridized carbons (Fsp3) is 0.370. The highest BCUT2D eigenvalue weighted by atomic mass is 16.6. The van der Waals surface area contributed by atoms with E-state index in [9.17, 15) is 4.79 Å². The predicted molar refractivity (Wildman–Crippen MR) is 135 cm³/mol. The molecule has 4 aromatic rings. The second-order valence-electron chi connectivity index (χ2n) is 10.0. The van der Waals surface area contributed by atoms with Gasteiger partial charge in [0.25, 0.3) is 5.95 Å². The molecule has 0 bridgehead atoms. The van der Waals surface area contributed by atoms with E-state index in [4.69, 9.17) is 9.15 Å². The zero-order valence-corrected chi connectivity index (χ0v) is 21.1. The number of pyridine rings is 1. The molecule has 1 aliphatic rings. The van der Waals surface area contributed by atoms with E-state index in [2.05, 4.69) is 46.9 Å². The van der Waals surface area contributed by atoms with Crippen molar-refractivity contribution in [3.8, 4) is 11.7 Å². The second-order valence-corrected chi connectivity index (χ2v) is 10.0. The lowest BCUT2D eigenvalue weighted by Gasteiger charge is -2.33. The van der Waals surface area contributed by atoms with Gasteiger partial charge in [-0.25, -0.2) is 4.98 Å². The number of amides is 1. The minimum Gasteiger partial charge on any atom is -0.426 e. The normalized spacial score (nSPS) is 14.6. The molecule has 0 saturated carbocycles. The Morgan fingerprint density at radius 3 is 2.74 bits per heavy atom. The summed E-state index contributed by atoms with van der Waals surface area (Å²) in [7, 11) is 1.85. The number of hydrogen-bond acceptors (Lipinski definition) is 6. The molecule has 2 N–H and O–H groups in total. The summed E-state index contributed by atoms with van der Waals surface area (Å²) in [5, 5.41) is 5.43. The maximum absolute atomic E-state index is 12.7. The Bertz CT molecular complexity index is 1450. The predicted octanol–water partition coefficient (Wildman–Crippen LogP) is 5.65. The topological polar surface area (TPSA) is 94.2 Å². The van der Waals surface area contributed by atoms with Crippen LogP contribution in [0.25, 0.3) is 11.0 Å². The van der Waals surface area contributed by atoms with Crippen LogP contribution in [0.3, 0.4) is 0 Å². The molecule has 5 rings (SSSR count). The number of aryl methyl sites for hydroxylation is 5. The number of carbonyl (C=O) groups excluding carboxylic acids is 1. The number of benzene rings is 1. The monoisotopic (exact) mass is 473 g/mol. The summed E-state index contributed by atoms with van der Waals surface area (Å²) in [4.78, 5) is 17.2. The van der Waals surface area contributed by atoms with Gasteiger partial charge in [0, 0.05) is 18.5 Å². The summed E-state index contributed by atoms with van der Waals surface area (Å²) in [6.45, 7) is 10.5. The van der Waals surface area contributed by atoms with Crippen molar-refractivity contribution in [3.05, 3.63) is 64.0 Å². The minimum absolute atomic E-state index is 0.114. The first-order valence-corrected chi connectivity index (χ1v) is 11.9. The van der Waals surface area contributed by atoms with Gasteiger partial charge in [-0.2, -0.15) is 5.10 Å². The number of anilines is 1. The van der Waals surface area contributed by atoms with Gasteiger partial charge in [0.1, 0.15) is 11.6 Å². The summed E-state index contributed by atoms with van der Waals surface area (Å²) in [6.07, 6.45) is 3.45. The average Bonchev–Trinajstić information content (AvgIpc) is 3.37. The molecule has 0 spiro atoms. The van der Waals surface area contributed by atoms with Crippen LogP contribution in [0.4, 0.5) is 5.82 Å². The van der Waals surface area contributed by atoms with Crippen molar-refractivity contribution in [1.82, 2.24) is 20.2 Å². The molecule has 0 saturated heterocycles. The molecule has 182 valence electrons. The number of carbonyl (C=O) groups is 1. The number of rotatable bonds is 5. The van der Waals surface area contributed by atoms with Gasteiger partial charge in [-0.15, -0.1) is 0 Å². The zero-order chi connectivity index (χ0) is 24.9.